The monoisotopic (exact) mass is 419 g/mol. The van der Waals surface area contributed by atoms with E-state index in [0.29, 0.717) is 39.9 Å². The Morgan fingerprint density at radius 1 is 1.10 bits per heavy atom. The van der Waals surface area contributed by atoms with E-state index in [-0.39, 0.29) is 12.5 Å². The predicted octanol–water partition coefficient (Wildman–Crippen LogP) is 2.53. The van der Waals surface area contributed by atoms with Gasteiger partial charge in [0.25, 0.3) is 0 Å². The fourth-order valence-corrected chi connectivity index (χ4v) is 3.89. The highest BCUT2D eigenvalue weighted by Gasteiger charge is 2.21. The van der Waals surface area contributed by atoms with Crippen LogP contribution < -0.4 is 19.9 Å². The van der Waals surface area contributed by atoms with Crippen LogP contribution in [0.5, 0.6) is 17.2 Å². The second-order valence-corrected chi connectivity index (χ2v) is 7.05. The van der Waals surface area contributed by atoms with E-state index in [4.69, 9.17) is 25.1 Å². The Bertz CT molecular complexity index is 1360. The number of fused-ring (bicyclic) bond motifs is 4. The van der Waals surface area contributed by atoms with Crippen molar-refractivity contribution in [2.75, 3.05) is 13.4 Å². The van der Waals surface area contributed by atoms with Crippen LogP contribution in [0.4, 0.5) is 0 Å². The molecular formula is C22H17N3O6. The smallest absolute Gasteiger partial charge is 0.341 e. The van der Waals surface area contributed by atoms with Crippen LogP contribution in [-0.4, -0.2) is 39.9 Å². The number of pyridine rings is 1. The third-order valence-corrected chi connectivity index (χ3v) is 5.16. The molecule has 0 radical (unpaired) electrons. The van der Waals surface area contributed by atoms with Gasteiger partial charge in [0.15, 0.2) is 18.1 Å². The first-order valence-corrected chi connectivity index (χ1v) is 9.45. The lowest BCUT2D eigenvalue weighted by atomic mass is 10.1. The number of ether oxygens (including phenoxy) is 3. The zero-order chi connectivity index (χ0) is 21.5. The van der Waals surface area contributed by atoms with Gasteiger partial charge in [-0.1, -0.05) is 12.1 Å². The Hall–Kier alpha value is -4.27. The maximum absolute atomic E-state index is 12.2. The van der Waals surface area contributed by atoms with E-state index in [9.17, 15) is 9.59 Å². The highest BCUT2D eigenvalue weighted by Crippen LogP contribution is 2.38. The summed E-state index contributed by atoms with van der Waals surface area (Å²) in [5.74, 6) is -0.0827. The Balaban J connectivity index is 1.73. The lowest BCUT2D eigenvalue weighted by Crippen LogP contribution is -2.11. The van der Waals surface area contributed by atoms with Crippen LogP contribution in [0, 0.1) is 0 Å². The molecule has 0 bridgehead atoms. The maximum atomic E-state index is 12.2. The molecule has 5 rings (SSSR count). The van der Waals surface area contributed by atoms with E-state index < -0.39 is 18.5 Å². The Morgan fingerprint density at radius 2 is 1.94 bits per heavy atom. The largest absolute Gasteiger partial charge is 0.480 e. The molecule has 0 unspecified atom stereocenters. The first kappa shape index (κ1) is 18.7. The van der Waals surface area contributed by atoms with Crippen molar-refractivity contribution in [2.24, 2.45) is 5.73 Å². The van der Waals surface area contributed by atoms with Gasteiger partial charge in [0.05, 0.1) is 28.8 Å². The Morgan fingerprint density at radius 3 is 2.74 bits per heavy atom. The van der Waals surface area contributed by atoms with Gasteiger partial charge in [-0.3, -0.25) is 9.78 Å². The zero-order valence-corrected chi connectivity index (χ0v) is 16.2. The molecule has 9 nitrogen and oxygen atoms in total. The average molecular weight is 419 g/mol. The van der Waals surface area contributed by atoms with E-state index in [1.807, 2.05) is 28.8 Å². The maximum Gasteiger partial charge on any atom is 0.341 e. The van der Waals surface area contributed by atoms with Crippen LogP contribution in [0.2, 0.25) is 0 Å². The molecule has 0 spiro atoms. The predicted molar refractivity (Wildman–Crippen MR) is 111 cm³/mol. The van der Waals surface area contributed by atoms with Crippen LogP contribution in [0.1, 0.15) is 15.9 Å². The highest BCUT2D eigenvalue weighted by atomic mass is 16.7. The number of nitrogens with two attached hydrogens (primary N) is 1. The molecule has 3 N–H and O–H groups in total. The molecule has 2 aromatic carbocycles. The van der Waals surface area contributed by atoms with Crippen LogP contribution in [0.15, 0.2) is 48.8 Å². The minimum absolute atomic E-state index is 0.185. The number of carboxylic acids is 1. The summed E-state index contributed by atoms with van der Waals surface area (Å²) in [4.78, 5) is 27.4. The number of nitrogens with zero attached hydrogens (tertiary/aromatic N) is 2. The molecule has 156 valence electrons. The number of carboxylic acid groups (broad SMARTS) is 1. The topological polar surface area (TPSA) is 126 Å². The van der Waals surface area contributed by atoms with Crippen LogP contribution in [-0.2, 0) is 11.3 Å². The van der Waals surface area contributed by atoms with Crippen molar-refractivity contribution < 1.29 is 28.9 Å². The van der Waals surface area contributed by atoms with Crippen molar-refractivity contribution in [3.8, 4) is 17.2 Å². The molecule has 1 aliphatic rings. The number of carbonyl (C=O) groups excluding carboxylic acids is 1. The van der Waals surface area contributed by atoms with Crippen LogP contribution in [0.25, 0.3) is 21.8 Å². The van der Waals surface area contributed by atoms with Gasteiger partial charge in [-0.05, 0) is 29.8 Å². The summed E-state index contributed by atoms with van der Waals surface area (Å²) < 4.78 is 18.3. The summed E-state index contributed by atoms with van der Waals surface area (Å²) in [5, 5.41) is 10.2. The van der Waals surface area contributed by atoms with Gasteiger partial charge >= 0.3 is 5.97 Å². The average Bonchev–Trinajstić information content (AvgIpc) is 3.35. The van der Waals surface area contributed by atoms with Gasteiger partial charge in [-0.2, -0.15) is 0 Å². The highest BCUT2D eigenvalue weighted by molar-refractivity contribution is 6.19. The lowest BCUT2D eigenvalue weighted by Gasteiger charge is -2.09. The fraction of sp³-hybridized carbons (Fsp3) is 0.136. The van der Waals surface area contributed by atoms with Crippen molar-refractivity contribution in [3.63, 3.8) is 0 Å². The normalized spacial score (nSPS) is 12.4. The van der Waals surface area contributed by atoms with Gasteiger partial charge in [-0.25, -0.2) is 4.79 Å². The van der Waals surface area contributed by atoms with Crippen molar-refractivity contribution >= 4 is 33.7 Å². The minimum Gasteiger partial charge on any atom is -0.480 e. The van der Waals surface area contributed by atoms with E-state index in [2.05, 4.69) is 4.98 Å². The lowest BCUT2D eigenvalue weighted by molar-refractivity contribution is -0.139. The third-order valence-electron chi connectivity index (χ3n) is 5.16. The van der Waals surface area contributed by atoms with Crippen molar-refractivity contribution in [2.45, 2.75) is 6.54 Å². The number of benzene rings is 2. The molecule has 1 amide bonds. The molecule has 0 fully saturated rings. The van der Waals surface area contributed by atoms with Gasteiger partial charge in [0.2, 0.25) is 12.7 Å². The molecule has 0 atom stereocenters. The van der Waals surface area contributed by atoms with Gasteiger partial charge in [-0.15, -0.1) is 0 Å². The van der Waals surface area contributed by atoms with E-state index >= 15 is 0 Å². The molecular weight excluding hydrogens is 402 g/mol. The van der Waals surface area contributed by atoms with E-state index in [1.165, 1.54) is 6.20 Å². The molecule has 3 heterocycles. The standard InChI is InChI=1S/C22H17N3O6/c23-22(28)13-2-1-3-14-20(13)21-15(7-24-8-18(21)29-10-19(26)27)25(14)9-12-4-5-16-17(6-12)31-11-30-16/h1-8H,9-11H2,(H2,23,28)(H,26,27). The van der Waals surface area contributed by atoms with Crippen molar-refractivity contribution in [3.05, 3.63) is 59.9 Å². The molecule has 0 saturated carbocycles. The van der Waals surface area contributed by atoms with E-state index in [1.54, 1.807) is 18.3 Å². The number of amides is 1. The number of aliphatic carboxylic acids is 1. The molecule has 1 aliphatic heterocycles. The summed E-state index contributed by atoms with van der Waals surface area (Å²) in [6.07, 6.45) is 3.09. The minimum atomic E-state index is -1.11. The Kier molecular flexibility index (Phi) is 4.36. The number of primary amides is 1. The fourth-order valence-electron chi connectivity index (χ4n) is 3.89. The number of hydrogen-bond acceptors (Lipinski definition) is 6. The second kappa shape index (κ2) is 7.21. The molecule has 0 aliphatic carbocycles. The Labute approximate surface area is 175 Å². The molecule has 9 heteroatoms. The van der Waals surface area contributed by atoms with E-state index in [0.717, 1.165) is 11.1 Å². The quantitative estimate of drug-likeness (QED) is 0.492. The van der Waals surface area contributed by atoms with Crippen LogP contribution >= 0.6 is 0 Å². The SMILES string of the molecule is NC(=O)c1cccc2c1c1c(OCC(=O)O)cncc1n2Cc1ccc2c(c1)OCO2. The van der Waals surface area contributed by atoms with Crippen molar-refractivity contribution in [1.82, 2.24) is 9.55 Å². The number of rotatable bonds is 6. The molecule has 2 aromatic heterocycles. The van der Waals surface area contributed by atoms with Crippen molar-refractivity contribution in [1.29, 1.82) is 0 Å². The summed E-state index contributed by atoms with van der Waals surface area (Å²) in [6.45, 7) is 0.0988. The number of hydrogen-bond donors (Lipinski definition) is 2. The van der Waals surface area contributed by atoms with Crippen LogP contribution in [0.3, 0.4) is 0 Å². The second-order valence-electron chi connectivity index (χ2n) is 7.05. The first-order chi connectivity index (χ1) is 15.0. The molecule has 4 aromatic rings. The number of aromatic nitrogens is 2. The first-order valence-electron chi connectivity index (χ1n) is 9.45. The summed E-state index contributed by atoms with van der Waals surface area (Å²) >= 11 is 0. The summed E-state index contributed by atoms with van der Waals surface area (Å²) in [6, 6.07) is 10.9. The van der Waals surface area contributed by atoms with Gasteiger partial charge in [0, 0.05) is 17.5 Å². The van der Waals surface area contributed by atoms with Gasteiger partial charge < -0.3 is 29.6 Å². The zero-order valence-electron chi connectivity index (χ0n) is 16.2. The van der Waals surface area contributed by atoms with Gasteiger partial charge in [0.1, 0.15) is 5.75 Å². The molecule has 31 heavy (non-hydrogen) atoms. The third kappa shape index (κ3) is 3.16. The molecule has 0 saturated heterocycles. The summed E-state index contributed by atoms with van der Waals surface area (Å²) in [5.41, 5.74) is 8.34. The summed E-state index contributed by atoms with van der Waals surface area (Å²) in [7, 11) is 0. The number of carbonyl (C=O) groups is 2.